The second-order valence-corrected chi connectivity index (χ2v) is 7.75. The van der Waals surface area contributed by atoms with Gasteiger partial charge in [-0.25, -0.2) is 0 Å². The lowest BCUT2D eigenvalue weighted by atomic mass is 10.1. The van der Waals surface area contributed by atoms with E-state index in [0.29, 0.717) is 19.8 Å². The number of hydrogen-bond donors (Lipinski definition) is 0. The first-order valence-electron chi connectivity index (χ1n) is 9.06. The van der Waals surface area contributed by atoms with Crippen molar-refractivity contribution in [2.45, 2.75) is 105 Å². The lowest BCUT2D eigenvalue weighted by molar-refractivity contribution is -0.123. The molecule has 0 saturated carbocycles. The van der Waals surface area contributed by atoms with Crippen LogP contribution in [0.25, 0.3) is 0 Å². The van der Waals surface area contributed by atoms with Crippen molar-refractivity contribution in [1.82, 2.24) is 0 Å². The fraction of sp³-hybridized carbons (Fsp3) is 1.00. The summed E-state index contributed by atoms with van der Waals surface area (Å²) >= 11 is 0. The molecule has 0 aromatic heterocycles. The van der Waals surface area contributed by atoms with Crippen LogP contribution < -0.4 is 0 Å². The van der Waals surface area contributed by atoms with E-state index < -0.39 is 0 Å². The van der Waals surface area contributed by atoms with E-state index in [-0.39, 0.29) is 29.5 Å². The number of hydrogen-bond acceptors (Lipinski definition) is 4. The van der Waals surface area contributed by atoms with Crippen LogP contribution in [0, 0.1) is 0 Å². The third-order valence-corrected chi connectivity index (χ3v) is 4.16. The van der Waals surface area contributed by atoms with Gasteiger partial charge in [-0.3, -0.25) is 0 Å². The van der Waals surface area contributed by atoms with Crippen molar-refractivity contribution >= 4 is 0 Å². The zero-order chi connectivity index (χ0) is 18.1. The van der Waals surface area contributed by atoms with E-state index in [0.717, 1.165) is 12.8 Å². The minimum absolute atomic E-state index is 0.0485. The highest BCUT2D eigenvalue weighted by Crippen LogP contribution is 2.17. The summed E-state index contributed by atoms with van der Waals surface area (Å²) in [5.41, 5.74) is -0.182. The fourth-order valence-electron chi connectivity index (χ4n) is 1.80. The van der Waals surface area contributed by atoms with Crippen molar-refractivity contribution in [2.24, 2.45) is 0 Å². The lowest BCUT2D eigenvalue weighted by Gasteiger charge is -2.29. The van der Waals surface area contributed by atoms with Crippen LogP contribution in [0.3, 0.4) is 0 Å². The molecule has 0 amide bonds. The van der Waals surface area contributed by atoms with Gasteiger partial charge < -0.3 is 18.9 Å². The third kappa shape index (κ3) is 11.9. The first-order valence-corrected chi connectivity index (χ1v) is 9.06. The van der Waals surface area contributed by atoms with Crippen molar-refractivity contribution in [3.63, 3.8) is 0 Å². The minimum atomic E-state index is -0.0968. The Kier molecular flexibility index (Phi) is 10.6. The topological polar surface area (TPSA) is 36.9 Å². The van der Waals surface area contributed by atoms with Gasteiger partial charge in [0.05, 0.1) is 49.3 Å². The van der Waals surface area contributed by atoms with E-state index in [9.17, 15) is 0 Å². The Balaban J connectivity index is 3.88. The second kappa shape index (κ2) is 10.7. The van der Waals surface area contributed by atoms with Crippen molar-refractivity contribution in [3.05, 3.63) is 0 Å². The predicted octanol–water partition coefficient (Wildman–Crippen LogP) is 4.60. The molecule has 0 aromatic rings. The predicted molar refractivity (Wildman–Crippen MR) is 96.1 cm³/mol. The third-order valence-electron chi connectivity index (χ3n) is 4.16. The van der Waals surface area contributed by atoms with Crippen LogP contribution in [0.15, 0.2) is 0 Å². The summed E-state index contributed by atoms with van der Waals surface area (Å²) in [6, 6.07) is 0. The minimum Gasteiger partial charge on any atom is -0.373 e. The molecule has 3 atom stereocenters. The Hall–Kier alpha value is -0.160. The van der Waals surface area contributed by atoms with Gasteiger partial charge in [0.15, 0.2) is 0 Å². The van der Waals surface area contributed by atoms with E-state index in [1.165, 1.54) is 0 Å². The molecule has 0 spiro atoms. The molecule has 23 heavy (non-hydrogen) atoms. The SMILES string of the molecule is CCC(C)(C)OCC(C)OCC(C)OCC(C)OC(C)(C)CC. The Morgan fingerprint density at radius 2 is 1.09 bits per heavy atom. The van der Waals surface area contributed by atoms with E-state index in [1.807, 2.05) is 20.8 Å². The van der Waals surface area contributed by atoms with Gasteiger partial charge in [0.25, 0.3) is 0 Å². The molecule has 0 aromatic carbocycles. The molecule has 0 heterocycles. The van der Waals surface area contributed by atoms with Gasteiger partial charge in [0, 0.05) is 0 Å². The molecule has 4 heteroatoms. The smallest absolute Gasteiger partial charge is 0.0787 e. The van der Waals surface area contributed by atoms with Gasteiger partial charge >= 0.3 is 0 Å². The monoisotopic (exact) mass is 332 g/mol. The van der Waals surface area contributed by atoms with Crippen molar-refractivity contribution in [1.29, 1.82) is 0 Å². The Morgan fingerprint density at radius 1 is 0.652 bits per heavy atom. The van der Waals surface area contributed by atoms with Crippen molar-refractivity contribution in [2.75, 3.05) is 19.8 Å². The maximum absolute atomic E-state index is 5.97. The van der Waals surface area contributed by atoms with Crippen LogP contribution in [0.5, 0.6) is 0 Å². The fourth-order valence-corrected chi connectivity index (χ4v) is 1.80. The summed E-state index contributed by atoms with van der Waals surface area (Å²) in [4.78, 5) is 0. The molecule has 0 fully saturated rings. The summed E-state index contributed by atoms with van der Waals surface area (Å²) in [6.07, 6.45) is 2.18. The normalized spacial score (nSPS) is 17.1. The largest absolute Gasteiger partial charge is 0.373 e. The highest BCUT2D eigenvalue weighted by atomic mass is 16.6. The molecule has 3 unspecified atom stereocenters. The molecule has 0 bridgehead atoms. The van der Waals surface area contributed by atoms with Gasteiger partial charge in [0.1, 0.15) is 0 Å². The molecular formula is C19H40O4. The summed E-state index contributed by atoms with van der Waals surface area (Å²) in [5, 5.41) is 0. The zero-order valence-electron chi connectivity index (χ0n) is 16.9. The van der Waals surface area contributed by atoms with Crippen LogP contribution in [0.4, 0.5) is 0 Å². The maximum Gasteiger partial charge on any atom is 0.0787 e. The van der Waals surface area contributed by atoms with Crippen LogP contribution in [0.1, 0.15) is 75.2 Å². The number of ether oxygens (including phenoxy) is 4. The standard InChI is InChI=1S/C19H40O4/c1-10-18(6,7)22-14-16(4)20-12-15(3)21-13-17(5)23-19(8,9)11-2/h15-17H,10-14H2,1-9H3. The van der Waals surface area contributed by atoms with Crippen LogP contribution >= 0.6 is 0 Å². The molecule has 0 aliphatic rings. The average Bonchev–Trinajstić information content (AvgIpc) is 2.48. The highest BCUT2D eigenvalue weighted by molar-refractivity contribution is 4.68. The molecular weight excluding hydrogens is 292 g/mol. The summed E-state index contributed by atoms with van der Waals surface area (Å²) < 4.78 is 23.4. The average molecular weight is 333 g/mol. The van der Waals surface area contributed by atoms with E-state index in [4.69, 9.17) is 18.9 Å². The zero-order valence-corrected chi connectivity index (χ0v) is 16.9. The summed E-state index contributed by atoms with van der Waals surface area (Å²) in [7, 11) is 0. The molecule has 0 saturated heterocycles. The van der Waals surface area contributed by atoms with E-state index >= 15 is 0 Å². The van der Waals surface area contributed by atoms with Crippen LogP contribution in [0.2, 0.25) is 0 Å². The second-order valence-electron chi connectivity index (χ2n) is 7.75. The molecule has 0 rings (SSSR count). The summed E-state index contributed by atoms with van der Waals surface area (Å²) in [6.45, 7) is 20.6. The van der Waals surface area contributed by atoms with Gasteiger partial charge in [-0.05, 0) is 61.3 Å². The lowest BCUT2D eigenvalue weighted by Crippen LogP contribution is -2.33. The van der Waals surface area contributed by atoms with Gasteiger partial charge in [-0.15, -0.1) is 0 Å². The molecule has 0 aliphatic carbocycles. The van der Waals surface area contributed by atoms with E-state index in [1.54, 1.807) is 0 Å². The molecule has 140 valence electrons. The van der Waals surface area contributed by atoms with Crippen molar-refractivity contribution < 1.29 is 18.9 Å². The van der Waals surface area contributed by atoms with Gasteiger partial charge in [-0.1, -0.05) is 13.8 Å². The first-order chi connectivity index (χ1) is 10.5. The molecule has 4 nitrogen and oxygen atoms in total. The Bertz CT molecular complexity index is 302. The molecule has 0 aliphatic heterocycles. The Morgan fingerprint density at radius 3 is 1.57 bits per heavy atom. The Labute approximate surface area is 144 Å². The van der Waals surface area contributed by atoms with Crippen LogP contribution in [-0.2, 0) is 18.9 Å². The maximum atomic E-state index is 5.97. The van der Waals surface area contributed by atoms with Gasteiger partial charge in [0.2, 0.25) is 0 Å². The summed E-state index contributed by atoms with van der Waals surface area (Å²) in [5.74, 6) is 0. The quantitative estimate of drug-likeness (QED) is 0.494. The first kappa shape index (κ1) is 22.8. The van der Waals surface area contributed by atoms with Gasteiger partial charge in [-0.2, -0.15) is 0 Å². The van der Waals surface area contributed by atoms with Crippen LogP contribution in [-0.4, -0.2) is 49.3 Å². The van der Waals surface area contributed by atoms with E-state index in [2.05, 4.69) is 41.5 Å². The molecule has 0 radical (unpaired) electrons. The highest BCUT2D eigenvalue weighted by Gasteiger charge is 2.20. The number of rotatable bonds is 13. The molecule has 0 N–H and O–H groups in total. The van der Waals surface area contributed by atoms with Crippen molar-refractivity contribution in [3.8, 4) is 0 Å².